The lowest BCUT2D eigenvalue weighted by Gasteiger charge is -2.38. The summed E-state index contributed by atoms with van der Waals surface area (Å²) in [6.07, 6.45) is 5.21. The quantitative estimate of drug-likeness (QED) is 0.713. The molecular weight excluding hydrogens is 400 g/mol. The number of sulfone groups is 1. The maximum Gasteiger partial charge on any atom is 0.225 e. The van der Waals surface area contributed by atoms with Crippen molar-refractivity contribution in [2.24, 2.45) is 11.8 Å². The Morgan fingerprint density at radius 3 is 2.17 bits per heavy atom. The molecule has 1 aromatic rings. The van der Waals surface area contributed by atoms with Crippen molar-refractivity contribution in [1.29, 1.82) is 0 Å². The average Bonchev–Trinajstić information content (AvgIpc) is 2.80. The van der Waals surface area contributed by atoms with E-state index in [2.05, 4.69) is 4.90 Å². The maximum atomic E-state index is 13.0. The number of likely N-dealkylation sites (tertiary alicyclic amines) is 2. The zero-order chi connectivity index (χ0) is 21.0. The van der Waals surface area contributed by atoms with E-state index in [9.17, 15) is 13.2 Å². The number of hydrogen-bond donors (Lipinski definition) is 0. The number of ether oxygens (including phenoxy) is 1. The molecule has 3 heterocycles. The lowest BCUT2D eigenvalue weighted by atomic mass is 9.92. The SMILES string of the molecule is O=C(C1CCN(CC2CCOCC2)CC1)N1CCC(S(=O)(=O)c2ccccc2)CC1. The summed E-state index contributed by atoms with van der Waals surface area (Å²) < 4.78 is 31.1. The zero-order valence-corrected chi connectivity index (χ0v) is 18.6. The minimum Gasteiger partial charge on any atom is -0.381 e. The van der Waals surface area contributed by atoms with Gasteiger partial charge in [-0.2, -0.15) is 0 Å². The second-order valence-electron chi connectivity index (χ2n) is 9.01. The number of amides is 1. The largest absolute Gasteiger partial charge is 0.381 e. The fourth-order valence-corrected chi connectivity index (χ4v) is 6.86. The molecule has 0 saturated carbocycles. The normalized spacial score (nSPS) is 23.5. The van der Waals surface area contributed by atoms with E-state index in [1.807, 2.05) is 11.0 Å². The summed E-state index contributed by atoms with van der Waals surface area (Å²) in [7, 11) is -3.31. The first-order chi connectivity index (χ1) is 14.5. The van der Waals surface area contributed by atoms with Crippen LogP contribution in [0.3, 0.4) is 0 Å². The molecule has 0 spiro atoms. The van der Waals surface area contributed by atoms with Gasteiger partial charge < -0.3 is 14.5 Å². The van der Waals surface area contributed by atoms with Gasteiger partial charge in [-0.15, -0.1) is 0 Å². The van der Waals surface area contributed by atoms with E-state index in [1.54, 1.807) is 24.3 Å². The summed E-state index contributed by atoms with van der Waals surface area (Å²) in [6, 6.07) is 8.69. The Morgan fingerprint density at radius 2 is 1.53 bits per heavy atom. The Morgan fingerprint density at radius 1 is 0.900 bits per heavy atom. The highest BCUT2D eigenvalue weighted by molar-refractivity contribution is 7.92. The standard InChI is InChI=1S/C23H34N2O4S/c26-23(20-6-12-24(13-7-20)18-19-10-16-29-17-11-19)25-14-8-22(9-15-25)30(27,28)21-4-2-1-3-5-21/h1-5,19-20,22H,6-18H2. The molecule has 6 nitrogen and oxygen atoms in total. The monoisotopic (exact) mass is 434 g/mol. The molecule has 3 saturated heterocycles. The van der Waals surface area contributed by atoms with Crippen LogP contribution in [0.2, 0.25) is 0 Å². The molecule has 166 valence electrons. The van der Waals surface area contributed by atoms with E-state index in [0.717, 1.165) is 64.4 Å². The van der Waals surface area contributed by atoms with Crippen molar-refractivity contribution in [2.45, 2.75) is 48.7 Å². The summed E-state index contributed by atoms with van der Waals surface area (Å²) in [5, 5.41) is -0.384. The molecule has 3 aliphatic heterocycles. The first-order valence-corrected chi connectivity index (χ1v) is 13.0. The summed E-state index contributed by atoms with van der Waals surface area (Å²) in [5.74, 6) is 1.06. The molecule has 0 aromatic heterocycles. The predicted octanol–water partition coefficient (Wildman–Crippen LogP) is 2.59. The number of benzene rings is 1. The summed E-state index contributed by atoms with van der Waals surface area (Å²) >= 11 is 0. The molecule has 3 aliphatic rings. The molecule has 0 N–H and O–H groups in total. The minimum atomic E-state index is -3.31. The number of hydrogen-bond acceptors (Lipinski definition) is 5. The minimum absolute atomic E-state index is 0.0956. The van der Waals surface area contributed by atoms with Gasteiger partial charge in [-0.25, -0.2) is 8.42 Å². The number of nitrogens with zero attached hydrogens (tertiary/aromatic N) is 2. The Bertz CT molecular complexity index is 792. The third-order valence-corrected chi connectivity index (χ3v) is 9.34. The van der Waals surface area contributed by atoms with Crippen molar-refractivity contribution in [2.75, 3.05) is 45.9 Å². The van der Waals surface area contributed by atoms with Crippen LogP contribution in [-0.2, 0) is 19.4 Å². The van der Waals surface area contributed by atoms with Crippen LogP contribution in [0.5, 0.6) is 0 Å². The molecule has 7 heteroatoms. The second-order valence-corrected chi connectivity index (χ2v) is 11.2. The van der Waals surface area contributed by atoms with Crippen LogP contribution in [0.15, 0.2) is 35.2 Å². The number of rotatable bonds is 5. The third kappa shape index (κ3) is 5.06. The number of carbonyl (C=O) groups is 1. The molecule has 0 aliphatic carbocycles. The Labute approximate surface area is 180 Å². The fourth-order valence-electron chi connectivity index (χ4n) is 5.10. The van der Waals surface area contributed by atoms with Crippen LogP contribution in [0.1, 0.15) is 38.5 Å². The molecule has 0 bridgehead atoms. The van der Waals surface area contributed by atoms with Crippen LogP contribution >= 0.6 is 0 Å². The van der Waals surface area contributed by atoms with Gasteiger partial charge in [-0.1, -0.05) is 18.2 Å². The van der Waals surface area contributed by atoms with Crippen molar-refractivity contribution in [3.8, 4) is 0 Å². The van der Waals surface area contributed by atoms with Crippen molar-refractivity contribution in [3.63, 3.8) is 0 Å². The molecule has 0 radical (unpaired) electrons. The van der Waals surface area contributed by atoms with Gasteiger partial charge in [-0.05, 0) is 69.7 Å². The van der Waals surface area contributed by atoms with Crippen LogP contribution in [0, 0.1) is 11.8 Å². The maximum absolute atomic E-state index is 13.0. The molecule has 1 aromatic carbocycles. The van der Waals surface area contributed by atoms with Gasteiger partial charge >= 0.3 is 0 Å². The van der Waals surface area contributed by atoms with Crippen molar-refractivity contribution >= 4 is 15.7 Å². The highest BCUT2D eigenvalue weighted by Crippen LogP contribution is 2.28. The van der Waals surface area contributed by atoms with Crippen LogP contribution in [-0.4, -0.2) is 75.3 Å². The number of carbonyl (C=O) groups excluding carboxylic acids is 1. The molecule has 4 rings (SSSR count). The van der Waals surface area contributed by atoms with Crippen molar-refractivity contribution < 1.29 is 17.9 Å². The molecular formula is C23H34N2O4S. The van der Waals surface area contributed by atoms with Gasteiger partial charge in [-0.3, -0.25) is 4.79 Å². The average molecular weight is 435 g/mol. The lowest BCUT2D eigenvalue weighted by molar-refractivity contribution is -0.138. The highest BCUT2D eigenvalue weighted by Gasteiger charge is 2.35. The Hall–Kier alpha value is -1.44. The van der Waals surface area contributed by atoms with E-state index in [4.69, 9.17) is 4.74 Å². The first-order valence-electron chi connectivity index (χ1n) is 11.4. The summed E-state index contributed by atoms with van der Waals surface area (Å²) in [6.45, 7) is 5.99. The van der Waals surface area contributed by atoms with Crippen molar-refractivity contribution in [1.82, 2.24) is 9.80 Å². The first kappa shape index (κ1) is 21.8. The summed E-state index contributed by atoms with van der Waals surface area (Å²) in [4.78, 5) is 17.8. The summed E-state index contributed by atoms with van der Waals surface area (Å²) in [5.41, 5.74) is 0. The number of piperidine rings is 2. The topological polar surface area (TPSA) is 66.9 Å². The fraction of sp³-hybridized carbons (Fsp3) is 0.696. The molecule has 3 fully saturated rings. The second kappa shape index (κ2) is 9.79. The van der Waals surface area contributed by atoms with Gasteiger partial charge in [0, 0.05) is 38.8 Å². The smallest absolute Gasteiger partial charge is 0.225 e. The van der Waals surface area contributed by atoms with Gasteiger partial charge in [0.15, 0.2) is 9.84 Å². The van der Waals surface area contributed by atoms with E-state index >= 15 is 0 Å². The van der Waals surface area contributed by atoms with E-state index in [-0.39, 0.29) is 17.1 Å². The van der Waals surface area contributed by atoms with Crippen LogP contribution < -0.4 is 0 Å². The highest BCUT2D eigenvalue weighted by atomic mass is 32.2. The van der Waals surface area contributed by atoms with Crippen LogP contribution in [0.4, 0.5) is 0 Å². The Kier molecular flexibility index (Phi) is 7.11. The third-order valence-electron chi connectivity index (χ3n) is 7.06. The zero-order valence-electron chi connectivity index (χ0n) is 17.7. The van der Waals surface area contributed by atoms with Crippen molar-refractivity contribution in [3.05, 3.63) is 30.3 Å². The van der Waals surface area contributed by atoms with E-state index < -0.39 is 9.84 Å². The predicted molar refractivity (Wildman–Crippen MR) is 116 cm³/mol. The molecule has 1 amide bonds. The molecule has 0 unspecified atom stereocenters. The van der Waals surface area contributed by atoms with Gasteiger partial charge in [0.05, 0.1) is 10.1 Å². The Balaban J connectivity index is 1.24. The lowest BCUT2D eigenvalue weighted by Crippen LogP contribution is -2.47. The van der Waals surface area contributed by atoms with E-state index in [0.29, 0.717) is 30.8 Å². The van der Waals surface area contributed by atoms with Gasteiger partial charge in [0.25, 0.3) is 0 Å². The molecule has 0 atom stereocenters. The van der Waals surface area contributed by atoms with Gasteiger partial charge in [0.2, 0.25) is 5.91 Å². The van der Waals surface area contributed by atoms with E-state index in [1.165, 1.54) is 0 Å². The molecule has 30 heavy (non-hydrogen) atoms. The van der Waals surface area contributed by atoms with Crippen LogP contribution in [0.25, 0.3) is 0 Å². The van der Waals surface area contributed by atoms with Gasteiger partial charge in [0.1, 0.15) is 0 Å².